The van der Waals surface area contributed by atoms with Crippen molar-refractivity contribution in [1.29, 1.82) is 0 Å². The number of ether oxygens (including phenoxy) is 2. The molecule has 0 saturated heterocycles. The molecule has 1 rings (SSSR count). The van der Waals surface area contributed by atoms with Gasteiger partial charge in [-0.2, -0.15) is 0 Å². The molecule has 1 unspecified atom stereocenters. The second kappa shape index (κ2) is 13.6. The number of hydrogen-bond acceptors (Lipinski definition) is 3. The molecule has 0 aliphatic rings. The number of hydrogen-bond donors (Lipinski definition) is 0. The molecular formula is C25H41O3. The van der Waals surface area contributed by atoms with Crippen molar-refractivity contribution in [2.75, 3.05) is 7.11 Å². The first-order chi connectivity index (χ1) is 13.4. The van der Waals surface area contributed by atoms with Gasteiger partial charge in [-0.15, -0.1) is 0 Å². The largest absolute Gasteiger partial charge is 0.496 e. The lowest BCUT2D eigenvalue weighted by Crippen LogP contribution is -2.19. The molecule has 0 spiro atoms. The first kappa shape index (κ1) is 24.5. The minimum Gasteiger partial charge on any atom is -0.496 e. The molecule has 0 aliphatic carbocycles. The summed E-state index contributed by atoms with van der Waals surface area (Å²) < 4.78 is 11.4. The van der Waals surface area contributed by atoms with Gasteiger partial charge in [0.1, 0.15) is 11.5 Å². The molecule has 3 heteroatoms. The van der Waals surface area contributed by atoms with Crippen molar-refractivity contribution in [2.24, 2.45) is 0 Å². The van der Waals surface area contributed by atoms with E-state index in [1.807, 2.05) is 18.2 Å². The van der Waals surface area contributed by atoms with Crippen LogP contribution < -0.4 is 9.47 Å². The molecule has 1 aromatic rings. The number of benzene rings is 1. The van der Waals surface area contributed by atoms with E-state index in [0.29, 0.717) is 5.75 Å². The molecule has 0 bridgehead atoms. The minimum absolute atomic E-state index is 0.0539. The van der Waals surface area contributed by atoms with Crippen LogP contribution >= 0.6 is 0 Å². The third-order valence-electron chi connectivity index (χ3n) is 5.21. The summed E-state index contributed by atoms with van der Waals surface area (Å²) in [7, 11) is 1.68. The quantitative estimate of drug-likeness (QED) is 0.298. The fourth-order valence-corrected chi connectivity index (χ4v) is 3.47. The SMILES string of the molecule is CCCCCCCCCCCCC([C]=O)Oc1ccc(OC)c(C(C)(C)C)c1. The third-order valence-corrected chi connectivity index (χ3v) is 5.21. The Labute approximate surface area is 173 Å². The Bertz CT molecular complexity index is 545. The van der Waals surface area contributed by atoms with Crippen molar-refractivity contribution >= 4 is 6.29 Å². The van der Waals surface area contributed by atoms with Crippen molar-refractivity contribution in [1.82, 2.24) is 0 Å². The first-order valence-electron chi connectivity index (χ1n) is 11.1. The normalized spacial score (nSPS) is 12.6. The lowest BCUT2D eigenvalue weighted by Gasteiger charge is -2.23. The van der Waals surface area contributed by atoms with E-state index in [1.54, 1.807) is 7.11 Å². The average molecular weight is 390 g/mol. The van der Waals surface area contributed by atoms with E-state index < -0.39 is 6.10 Å². The summed E-state index contributed by atoms with van der Waals surface area (Å²) in [5.74, 6) is 1.56. The maximum Gasteiger partial charge on any atom is 0.242 e. The number of rotatable bonds is 15. The molecule has 3 nitrogen and oxygen atoms in total. The van der Waals surface area contributed by atoms with Gasteiger partial charge in [0.2, 0.25) is 6.29 Å². The molecule has 0 aromatic heterocycles. The molecular weight excluding hydrogens is 348 g/mol. The summed E-state index contributed by atoms with van der Waals surface area (Å²) in [4.78, 5) is 11.3. The van der Waals surface area contributed by atoms with Crippen LogP contribution in [0.2, 0.25) is 0 Å². The second-order valence-electron chi connectivity index (χ2n) is 8.81. The van der Waals surface area contributed by atoms with Crippen molar-refractivity contribution in [3.05, 3.63) is 23.8 Å². The monoisotopic (exact) mass is 389 g/mol. The lowest BCUT2D eigenvalue weighted by molar-refractivity contribution is 0.242. The van der Waals surface area contributed by atoms with Crippen LogP contribution in [0, 0.1) is 0 Å². The third kappa shape index (κ3) is 9.61. The Morgan fingerprint density at radius 1 is 0.929 bits per heavy atom. The molecule has 28 heavy (non-hydrogen) atoms. The van der Waals surface area contributed by atoms with E-state index >= 15 is 0 Å². The van der Waals surface area contributed by atoms with Gasteiger partial charge >= 0.3 is 0 Å². The maximum atomic E-state index is 11.3. The Balaban J connectivity index is 2.34. The van der Waals surface area contributed by atoms with Gasteiger partial charge in [-0.3, -0.25) is 4.79 Å². The molecule has 1 radical (unpaired) electrons. The fraction of sp³-hybridized carbons (Fsp3) is 0.720. The van der Waals surface area contributed by atoms with Crippen LogP contribution in [0.15, 0.2) is 18.2 Å². The summed E-state index contributed by atoms with van der Waals surface area (Å²) >= 11 is 0. The molecule has 1 atom stereocenters. The van der Waals surface area contributed by atoms with Gasteiger partial charge in [-0.05, 0) is 36.5 Å². The van der Waals surface area contributed by atoms with E-state index in [-0.39, 0.29) is 5.41 Å². The van der Waals surface area contributed by atoms with Crippen LogP contribution in [0.25, 0.3) is 0 Å². The average Bonchev–Trinajstić information content (AvgIpc) is 2.67. The van der Waals surface area contributed by atoms with Crippen LogP contribution in [0.1, 0.15) is 104 Å². The summed E-state index contributed by atoms with van der Waals surface area (Å²) in [5.41, 5.74) is 1.03. The summed E-state index contributed by atoms with van der Waals surface area (Å²) in [6.45, 7) is 8.68. The molecule has 0 saturated carbocycles. The Hall–Kier alpha value is -1.51. The standard InChI is InChI=1S/C25H41O3/c1-6-7-8-9-10-11-12-13-14-15-16-22(20-26)28-21-17-18-24(27-5)23(19-21)25(2,3)4/h17-19,22H,6-16H2,1-5H3. The topological polar surface area (TPSA) is 35.5 Å². The number of unbranched alkanes of at least 4 members (excludes halogenated alkanes) is 9. The maximum absolute atomic E-state index is 11.3. The van der Waals surface area contributed by atoms with Crippen LogP contribution in [0.5, 0.6) is 11.5 Å². The van der Waals surface area contributed by atoms with E-state index in [1.165, 1.54) is 51.4 Å². The van der Waals surface area contributed by atoms with Crippen molar-refractivity contribution in [3.63, 3.8) is 0 Å². The van der Waals surface area contributed by atoms with Crippen molar-refractivity contribution < 1.29 is 14.3 Å². The van der Waals surface area contributed by atoms with Gasteiger partial charge in [-0.1, -0.05) is 85.5 Å². The number of methoxy groups -OCH3 is 1. The van der Waals surface area contributed by atoms with Crippen molar-refractivity contribution in [2.45, 2.75) is 110 Å². The predicted molar refractivity (Wildman–Crippen MR) is 118 cm³/mol. The highest BCUT2D eigenvalue weighted by Gasteiger charge is 2.20. The highest BCUT2D eigenvalue weighted by Crippen LogP contribution is 2.34. The van der Waals surface area contributed by atoms with Gasteiger partial charge in [0, 0.05) is 5.56 Å². The molecule has 0 N–H and O–H groups in total. The second-order valence-corrected chi connectivity index (χ2v) is 8.81. The highest BCUT2D eigenvalue weighted by molar-refractivity contribution is 5.58. The van der Waals surface area contributed by atoms with Gasteiger partial charge in [0.25, 0.3) is 0 Å². The van der Waals surface area contributed by atoms with Crippen LogP contribution in [0.3, 0.4) is 0 Å². The zero-order valence-corrected chi connectivity index (χ0v) is 18.8. The van der Waals surface area contributed by atoms with E-state index in [0.717, 1.165) is 30.6 Å². The molecule has 159 valence electrons. The zero-order valence-electron chi connectivity index (χ0n) is 18.8. The summed E-state index contributed by atoms with van der Waals surface area (Å²) in [6, 6.07) is 5.77. The Morgan fingerprint density at radius 2 is 1.50 bits per heavy atom. The van der Waals surface area contributed by atoms with E-state index in [4.69, 9.17) is 9.47 Å². The molecule has 0 heterocycles. The van der Waals surface area contributed by atoms with Crippen LogP contribution in [0.4, 0.5) is 0 Å². The number of carbonyl (C=O) groups excluding carboxylic acids is 1. The molecule has 1 aromatic carbocycles. The molecule has 0 fully saturated rings. The Kier molecular flexibility index (Phi) is 11.9. The van der Waals surface area contributed by atoms with Crippen LogP contribution in [-0.2, 0) is 10.2 Å². The molecule has 0 aliphatic heterocycles. The summed E-state index contributed by atoms with van der Waals surface area (Å²) in [5, 5.41) is 0. The fourth-order valence-electron chi connectivity index (χ4n) is 3.47. The predicted octanol–water partition coefficient (Wildman–Crippen LogP) is 7.16. The van der Waals surface area contributed by atoms with E-state index in [2.05, 4.69) is 34.0 Å². The van der Waals surface area contributed by atoms with Gasteiger partial charge in [0.05, 0.1) is 7.11 Å². The summed E-state index contributed by atoms with van der Waals surface area (Å²) in [6.07, 6.45) is 15.2. The van der Waals surface area contributed by atoms with Crippen molar-refractivity contribution in [3.8, 4) is 11.5 Å². The molecule has 0 amide bonds. The van der Waals surface area contributed by atoms with Gasteiger partial charge in [0.15, 0.2) is 6.10 Å². The highest BCUT2D eigenvalue weighted by atomic mass is 16.5. The zero-order chi connectivity index (χ0) is 20.8. The lowest BCUT2D eigenvalue weighted by atomic mass is 9.86. The van der Waals surface area contributed by atoms with E-state index in [9.17, 15) is 4.79 Å². The van der Waals surface area contributed by atoms with Gasteiger partial charge in [-0.25, -0.2) is 0 Å². The Morgan fingerprint density at radius 3 is 2.00 bits per heavy atom. The smallest absolute Gasteiger partial charge is 0.242 e. The van der Waals surface area contributed by atoms with Crippen LogP contribution in [-0.4, -0.2) is 19.5 Å². The first-order valence-corrected chi connectivity index (χ1v) is 11.1. The minimum atomic E-state index is -0.491. The van der Waals surface area contributed by atoms with Gasteiger partial charge < -0.3 is 9.47 Å².